The molecule has 14 heteroatoms. The van der Waals surface area contributed by atoms with E-state index in [0.29, 0.717) is 45.2 Å². The molecule has 260 valence electrons. The number of ether oxygens (including phenoxy) is 3. The predicted molar refractivity (Wildman–Crippen MR) is 194 cm³/mol. The van der Waals surface area contributed by atoms with E-state index in [1.807, 2.05) is 45.0 Å². The van der Waals surface area contributed by atoms with Crippen LogP contribution in [0.4, 0.5) is 33.4 Å². The summed E-state index contributed by atoms with van der Waals surface area (Å²) in [6, 6.07) is 21.6. The number of nitrogens with zero attached hydrogens (tertiary/aromatic N) is 1. The molecule has 0 fully saturated rings. The standard InChI is InChI=1S/C36H37N5O8S/c1-36(2,3)22-17-29(33(48-5)30(18-22)41-50(6,45)46)40-35(44)39-28-11-12-31(27-10-8-7-9-26(27)28)49-24-13-14-37-32(20-24)38-23-15-21(34(42)43)16-25(19-23)47-4/h7-20,41H,1-6H3,(H,37,38)(H,42,43)(H2,39,40,44). The van der Waals surface area contributed by atoms with Crippen molar-refractivity contribution in [3.8, 4) is 23.0 Å². The number of sulfonamides is 1. The molecule has 0 saturated carbocycles. The van der Waals surface area contributed by atoms with E-state index in [9.17, 15) is 23.1 Å². The van der Waals surface area contributed by atoms with E-state index < -0.39 is 22.0 Å². The van der Waals surface area contributed by atoms with Crippen LogP contribution in [0.5, 0.6) is 23.0 Å². The van der Waals surface area contributed by atoms with Crippen molar-refractivity contribution in [2.45, 2.75) is 26.2 Å². The maximum absolute atomic E-state index is 13.4. The van der Waals surface area contributed by atoms with Crippen molar-refractivity contribution in [3.05, 3.63) is 96.2 Å². The predicted octanol–water partition coefficient (Wildman–Crippen LogP) is 7.80. The highest BCUT2D eigenvalue weighted by Crippen LogP contribution is 2.40. The number of rotatable bonds is 11. The van der Waals surface area contributed by atoms with Crippen molar-refractivity contribution >= 4 is 61.4 Å². The summed E-state index contributed by atoms with van der Waals surface area (Å²) < 4.78 is 43.7. The number of urea groups is 1. The average molecular weight is 700 g/mol. The van der Waals surface area contributed by atoms with Crippen LogP contribution in [0, 0.1) is 0 Å². The second-order valence-electron chi connectivity index (χ2n) is 12.3. The molecule has 5 N–H and O–H groups in total. The maximum Gasteiger partial charge on any atom is 0.335 e. The van der Waals surface area contributed by atoms with Gasteiger partial charge in [0.15, 0.2) is 5.75 Å². The van der Waals surface area contributed by atoms with Gasteiger partial charge in [-0.3, -0.25) is 4.72 Å². The maximum atomic E-state index is 13.4. The van der Waals surface area contributed by atoms with Gasteiger partial charge in [-0.15, -0.1) is 0 Å². The largest absolute Gasteiger partial charge is 0.497 e. The monoisotopic (exact) mass is 699 g/mol. The second kappa shape index (κ2) is 14.2. The van der Waals surface area contributed by atoms with Crippen LogP contribution < -0.4 is 34.9 Å². The topological polar surface area (TPSA) is 177 Å². The van der Waals surface area contributed by atoms with Crippen LogP contribution >= 0.6 is 0 Å². The minimum atomic E-state index is -3.64. The molecule has 0 aliphatic heterocycles. The molecule has 5 aromatic rings. The zero-order valence-electron chi connectivity index (χ0n) is 28.2. The van der Waals surface area contributed by atoms with Crippen LogP contribution in [0.1, 0.15) is 36.7 Å². The quantitative estimate of drug-likeness (QED) is 0.0914. The van der Waals surface area contributed by atoms with E-state index in [1.165, 1.54) is 26.4 Å². The van der Waals surface area contributed by atoms with Crippen molar-refractivity contribution < 1.29 is 37.3 Å². The number of aromatic nitrogens is 1. The smallest absolute Gasteiger partial charge is 0.335 e. The lowest BCUT2D eigenvalue weighted by Gasteiger charge is -2.24. The minimum Gasteiger partial charge on any atom is -0.497 e. The molecule has 0 atom stereocenters. The van der Waals surface area contributed by atoms with Crippen molar-refractivity contribution in [2.75, 3.05) is 41.1 Å². The molecule has 0 radical (unpaired) electrons. The first-order valence-corrected chi connectivity index (χ1v) is 17.2. The fraction of sp³-hybridized carbons (Fsp3) is 0.194. The Balaban J connectivity index is 1.40. The number of hydrogen-bond acceptors (Lipinski definition) is 9. The number of pyridine rings is 1. The molecule has 1 aromatic heterocycles. The lowest BCUT2D eigenvalue weighted by molar-refractivity contribution is 0.0696. The van der Waals surface area contributed by atoms with Gasteiger partial charge in [-0.05, 0) is 53.4 Å². The molecule has 13 nitrogen and oxygen atoms in total. The third kappa shape index (κ3) is 8.52. The van der Waals surface area contributed by atoms with Gasteiger partial charge in [0.2, 0.25) is 10.0 Å². The van der Waals surface area contributed by atoms with Crippen molar-refractivity contribution in [2.24, 2.45) is 0 Å². The molecular formula is C36H37N5O8S. The van der Waals surface area contributed by atoms with E-state index in [0.717, 1.165) is 11.8 Å². The van der Waals surface area contributed by atoms with Crippen LogP contribution in [0.25, 0.3) is 10.8 Å². The molecular weight excluding hydrogens is 662 g/mol. The number of carbonyl (C=O) groups is 2. The average Bonchev–Trinajstić information content (AvgIpc) is 3.04. The summed E-state index contributed by atoms with van der Waals surface area (Å²) >= 11 is 0. The van der Waals surface area contributed by atoms with Gasteiger partial charge in [0.25, 0.3) is 0 Å². The first kappa shape index (κ1) is 35.3. The summed E-state index contributed by atoms with van der Waals surface area (Å²) in [6.07, 6.45) is 2.60. The zero-order chi connectivity index (χ0) is 36.2. The normalized spacial score (nSPS) is 11.4. The van der Waals surface area contributed by atoms with E-state index >= 15 is 0 Å². The Kier molecular flexibility index (Phi) is 10.0. The first-order valence-electron chi connectivity index (χ1n) is 15.3. The van der Waals surface area contributed by atoms with Gasteiger partial charge in [0, 0.05) is 34.8 Å². The summed E-state index contributed by atoms with van der Waals surface area (Å²) in [5.41, 5.74) is 1.90. The molecule has 0 spiro atoms. The highest BCUT2D eigenvalue weighted by atomic mass is 32.2. The third-order valence-corrected chi connectivity index (χ3v) is 8.05. The Hall–Kier alpha value is -6.02. The van der Waals surface area contributed by atoms with E-state index in [-0.39, 0.29) is 28.1 Å². The third-order valence-electron chi connectivity index (χ3n) is 7.46. The zero-order valence-corrected chi connectivity index (χ0v) is 29.1. The van der Waals surface area contributed by atoms with Gasteiger partial charge < -0.3 is 35.3 Å². The summed E-state index contributed by atoms with van der Waals surface area (Å²) in [5, 5.41) is 19.7. The molecule has 0 bridgehead atoms. The van der Waals surface area contributed by atoms with Gasteiger partial charge in [0.1, 0.15) is 23.1 Å². The van der Waals surface area contributed by atoms with Crippen LogP contribution in [-0.2, 0) is 15.4 Å². The molecule has 4 aromatic carbocycles. The number of carbonyl (C=O) groups excluding carboxylic acids is 1. The molecule has 0 aliphatic rings. The number of fused-ring (bicyclic) bond motifs is 1. The number of carboxylic acid groups (broad SMARTS) is 1. The number of benzene rings is 4. The Bertz CT molecular complexity index is 2200. The number of carboxylic acids is 1. The number of nitrogens with one attached hydrogen (secondary N) is 4. The van der Waals surface area contributed by atoms with Crippen LogP contribution in [0.3, 0.4) is 0 Å². The molecule has 0 saturated heterocycles. The van der Waals surface area contributed by atoms with Crippen molar-refractivity contribution in [1.82, 2.24) is 4.98 Å². The van der Waals surface area contributed by atoms with Crippen LogP contribution in [-0.4, -0.2) is 51.0 Å². The lowest BCUT2D eigenvalue weighted by Crippen LogP contribution is -2.22. The Morgan fingerprint density at radius 3 is 2.16 bits per heavy atom. The van der Waals surface area contributed by atoms with Gasteiger partial charge >= 0.3 is 12.0 Å². The first-order chi connectivity index (χ1) is 23.6. The van der Waals surface area contributed by atoms with Crippen LogP contribution in [0.15, 0.2) is 85.1 Å². The number of aromatic carboxylic acids is 1. The SMILES string of the molecule is COc1cc(Nc2cc(Oc3ccc(NC(=O)Nc4cc(C(C)(C)C)cc(NS(C)(=O)=O)c4OC)c4ccccc34)ccn2)cc(C(=O)O)c1. The van der Waals surface area contributed by atoms with Gasteiger partial charge in [-0.1, -0.05) is 45.0 Å². The van der Waals surface area contributed by atoms with E-state index in [2.05, 4.69) is 25.7 Å². The molecule has 1 heterocycles. The van der Waals surface area contributed by atoms with Crippen LogP contribution in [0.2, 0.25) is 0 Å². The van der Waals surface area contributed by atoms with Crippen molar-refractivity contribution in [3.63, 3.8) is 0 Å². The molecule has 2 amide bonds. The summed E-state index contributed by atoms with van der Waals surface area (Å²) in [5.74, 6) is 0.815. The lowest BCUT2D eigenvalue weighted by atomic mass is 9.86. The number of methoxy groups -OCH3 is 2. The second-order valence-corrected chi connectivity index (χ2v) is 14.1. The van der Waals surface area contributed by atoms with Gasteiger partial charge in [-0.2, -0.15) is 0 Å². The van der Waals surface area contributed by atoms with Gasteiger partial charge in [-0.25, -0.2) is 23.0 Å². The fourth-order valence-electron chi connectivity index (χ4n) is 5.13. The highest BCUT2D eigenvalue weighted by Gasteiger charge is 2.22. The van der Waals surface area contributed by atoms with E-state index in [1.54, 1.807) is 48.7 Å². The molecule has 50 heavy (non-hydrogen) atoms. The summed E-state index contributed by atoms with van der Waals surface area (Å²) in [4.78, 5) is 29.3. The molecule has 0 unspecified atom stereocenters. The van der Waals surface area contributed by atoms with E-state index in [4.69, 9.17) is 14.2 Å². The minimum absolute atomic E-state index is 0.0550. The summed E-state index contributed by atoms with van der Waals surface area (Å²) in [7, 11) is -0.795. The number of anilines is 5. The molecule has 5 rings (SSSR count). The Morgan fingerprint density at radius 2 is 1.50 bits per heavy atom. The number of hydrogen-bond donors (Lipinski definition) is 5. The molecule has 0 aliphatic carbocycles. The summed E-state index contributed by atoms with van der Waals surface area (Å²) in [6.45, 7) is 5.92. The van der Waals surface area contributed by atoms with Gasteiger partial charge in [0.05, 0.1) is 43.1 Å². The number of amides is 2. The Labute approximate surface area is 289 Å². The fourth-order valence-corrected chi connectivity index (χ4v) is 5.68. The van der Waals surface area contributed by atoms with Crippen molar-refractivity contribution in [1.29, 1.82) is 0 Å². The Morgan fingerprint density at radius 1 is 0.800 bits per heavy atom. The highest BCUT2D eigenvalue weighted by molar-refractivity contribution is 7.92.